The van der Waals surface area contributed by atoms with Crippen molar-refractivity contribution in [2.45, 2.75) is 57.0 Å². The number of piperidine rings is 1. The van der Waals surface area contributed by atoms with Gasteiger partial charge in [0.1, 0.15) is 13.2 Å². The van der Waals surface area contributed by atoms with Gasteiger partial charge in [0.05, 0.1) is 12.5 Å². The number of hydrogen-bond acceptors (Lipinski definition) is 7. The molecule has 37 heavy (non-hydrogen) atoms. The number of hydrogen-bond donors (Lipinski definition) is 3. The summed E-state index contributed by atoms with van der Waals surface area (Å²) in [5.74, 6) is -2.10. The Morgan fingerprint density at radius 1 is 1.08 bits per heavy atom. The van der Waals surface area contributed by atoms with E-state index in [-0.39, 0.29) is 38.3 Å². The highest BCUT2D eigenvalue weighted by Crippen LogP contribution is 2.38. The number of rotatable bonds is 10. The van der Waals surface area contributed by atoms with Gasteiger partial charge in [-0.3, -0.25) is 14.5 Å². The van der Waals surface area contributed by atoms with Gasteiger partial charge in [-0.1, -0.05) is 54.6 Å². The predicted octanol–water partition coefficient (Wildman–Crippen LogP) is 2.19. The number of esters is 1. The van der Waals surface area contributed by atoms with Crippen LogP contribution < -0.4 is 10.6 Å². The molecule has 4 rings (SSSR count). The maximum Gasteiger partial charge on any atom is 0.352 e. The van der Waals surface area contributed by atoms with Crippen LogP contribution >= 0.6 is 0 Å². The van der Waals surface area contributed by atoms with E-state index in [2.05, 4.69) is 10.6 Å². The zero-order chi connectivity index (χ0) is 26.3. The fourth-order valence-corrected chi connectivity index (χ4v) is 5.21. The molecule has 0 radical (unpaired) electrons. The van der Waals surface area contributed by atoms with Crippen molar-refractivity contribution in [2.24, 2.45) is 0 Å². The van der Waals surface area contributed by atoms with Crippen molar-refractivity contribution in [3.63, 3.8) is 0 Å². The number of benzene rings is 2. The van der Waals surface area contributed by atoms with Crippen LogP contribution in [-0.4, -0.2) is 66.2 Å². The van der Waals surface area contributed by atoms with E-state index in [1.165, 1.54) is 0 Å². The lowest BCUT2D eigenvalue weighted by Gasteiger charge is -2.49. The first-order chi connectivity index (χ1) is 17.9. The van der Waals surface area contributed by atoms with Gasteiger partial charge in [0.2, 0.25) is 11.6 Å². The first kappa shape index (κ1) is 26.8. The number of carbonyl (C=O) groups is 3. The molecular formula is C28H35N3O6. The van der Waals surface area contributed by atoms with Crippen LogP contribution in [0.5, 0.6) is 0 Å². The van der Waals surface area contributed by atoms with Gasteiger partial charge in [-0.15, -0.1) is 0 Å². The molecule has 0 spiro atoms. The molecular weight excluding hydrogens is 474 g/mol. The Morgan fingerprint density at radius 2 is 1.78 bits per heavy atom. The number of nitrogens with one attached hydrogen (secondary N) is 2. The molecule has 9 nitrogen and oxygen atoms in total. The summed E-state index contributed by atoms with van der Waals surface area (Å²) in [6, 6.07) is 16.5. The smallest absolute Gasteiger partial charge is 0.352 e. The van der Waals surface area contributed by atoms with Crippen LogP contribution in [0, 0.1) is 0 Å². The van der Waals surface area contributed by atoms with Gasteiger partial charge in [0.25, 0.3) is 0 Å². The van der Waals surface area contributed by atoms with E-state index in [9.17, 15) is 19.5 Å². The minimum absolute atomic E-state index is 0.0200. The highest BCUT2D eigenvalue weighted by Gasteiger charge is 2.53. The standard InChI is InChI=1S/C28H35N3O6/c1-20-17-22-9-5-6-10-24(22)28(31(20)16-13-26(33)34,27(35)37-18-21-7-3-2-4-8-21)30-25(32)19-36-23-11-14-29-15-12-23/h2-10,20,23,29H,11-19H2,1H3,(H,30,32)(H,33,34). The second kappa shape index (κ2) is 12.3. The number of amides is 1. The van der Waals surface area contributed by atoms with E-state index in [1.54, 1.807) is 17.0 Å². The van der Waals surface area contributed by atoms with Crippen LogP contribution in [0.1, 0.15) is 42.9 Å². The molecule has 2 atom stereocenters. The van der Waals surface area contributed by atoms with Crippen LogP contribution in [-0.2, 0) is 42.5 Å². The minimum atomic E-state index is -1.69. The normalized spacial score (nSPS) is 22.1. The summed E-state index contributed by atoms with van der Waals surface area (Å²) in [4.78, 5) is 40.6. The van der Waals surface area contributed by atoms with Crippen molar-refractivity contribution in [2.75, 3.05) is 26.2 Å². The number of nitrogens with zero attached hydrogens (tertiary/aromatic N) is 1. The average Bonchev–Trinajstić information content (AvgIpc) is 2.91. The molecule has 1 amide bonds. The maximum absolute atomic E-state index is 14.0. The zero-order valence-electron chi connectivity index (χ0n) is 21.2. The van der Waals surface area contributed by atoms with Gasteiger partial charge in [-0.25, -0.2) is 4.79 Å². The Balaban J connectivity index is 1.67. The van der Waals surface area contributed by atoms with Crippen molar-refractivity contribution >= 4 is 17.8 Å². The Morgan fingerprint density at radius 3 is 2.51 bits per heavy atom. The average molecular weight is 510 g/mol. The van der Waals surface area contributed by atoms with Crippen LogP contribution in [0.4, 0.5) is 0 Å². The molecule has 0 aromatic heterocycles. The molecule has 2 aliphatic rings. The van der Waals surface area contributed by atoms with E-state index in [0.29, 0.717) is 12.0 Å². The lowest BCUT2D eigenvalue weighted by Crippen LogP contribution is -2.68. The fraction of sp³-hybridized carbons (Fsp3) is 0.464. The van der Waals surface area contributed by atoms with Crippen molar-refractivity contribution in [3.8, 4) is 0 Å². The molecule has 2 aliphatic heterocycles. The Kier molecular flexibility index (Phi) is 8.91. The molecule has 9 heteroatoms. The van der Waals surface area contributed by atoms with Crippen LogP contribution in [0.3, 0.4) is 0 Å². The van der Waals surface area contributed by atoms with E-state index in [1.807, 2.05) is 49.4 Å². The monoisotopic (exact) mass is 509 g/mol. The van der Waals surface area contributed by atoms with E-state index >= 15 is 0 Å². The number of carboxylic acid groups (broad SMARTS) is 1. The summed E-state index contributed by atoms with van der Waals surface area (Å²) in [6.45, 7) is 3.45. The number of aliphatic carboxylic acids is 1. The second-order valence-corrected chi connectivity index (χ2v) is 9.63. The first-order valence-electron chi connectivity index (χ1n) is 12.8. The van der Waals surface area contributed by atoms with E-state index in [0.717, 1.165) is 37.1 Å². The number of ether oxygens (including phenoxy) is 2. The molecule has 3 N–H and O–H groups in total. The number of carbonyl (C=O) groups excluding carboxylic acids is 2. The van der Waals surface area contributed by atoms with Gasteiger partial charge in [0, 0.05) is 18.2 Å². The molecule has 2 aromatic rings. The Labute approximate surface area is 217 Å². The quantitative estimate of drug-likeness (QED) is 0.418. The van der Waals surface area contributed by atoms with Crippen molar-refractivity contribution < 1.29 is 29.0 Å². The molecule has 1 saturated heterocycles. The summed E-state index contributed by atoms with van der Waals surface area (Å²) in [5.41, 5.74) is 0.609. The molecule has 0 aliphatic carbocycles. The molecule has 2 aromatic carbocycles. The summed E-state index contributed by atoms with van der Waals surface area (Å²) in [5, 5.41) is 15.7. The number of fused-ring (bicyclic) bond motifs is 1. The summed E-state index contributed by atoms with van der Waals surface area (Å²) >= 11 is 0. The molecule has 1 fully saturated rings. The van der Waals surface area contributed by atoms with Crippen molar-refractivity contribution in [1.29, 1.82) is 0 Å². The Bertz CT molecular complexity index is 1090. The van der Waals surface area contributed by atoms with E-state index < -0.39 is 23.5 Å². The van der Waals surface area contributed by atoms with Crippen LogP contribution in [0.15, 0.2) is 54.6 Å². The van der Waals surface area contributed by atoms with Crippen molar-refractivity contribution in [1.82, 2.24) is 15.5 Å². The van der Waals surface area contributed by atoms with Gasteiger partial charge in [0.15, 0.2) is 0 Å². The zero-order valence-corrected chi connectivity index (χ0v) is 21.2. The second-order valence-electron chi connectivity index (χ2n) is 9.63. The lowest BCUT2D eigenvalue weighted by molar-refractivity contribution is -0.172. The molecule has 2 heterocycles. The highest BCUT2D eigenvalue weighted by molar-refractivity contribution is 5.90. The van der Waals surface area contributed by atoms with Gasteiger partial charge >= 0.3 is 11.9 Å². The van der Waals surface area contributed by atoms with Crippen LogP contribution in [0.25, 0.3) is 0 Å². The number of carboxylic acids is 1. The summed E-state index contributed by atoms with van der Waals surface area (Å²) in [7, 11) is 0. The minimum Gasteiger partial charge on any atom is -0.481 e. The van der Waals surface area contributed by atoms with Crippen molar-refractivity contribution in [3.05, 3.63) is 71.3 Å². The molecule has 2 unspecified atom stereocenters. The third-order valence-corrected chi connectivity index (χ3v) is 7.02. The van der Waals surface area contributed by atoms with Crippen LogP contribution in [0.2, 0.25) is 0 Å². The lowest BCUT2D eigenvalue weighted by atomic mass is 9.83. The fourth-order valence-electron chi connectivity index (χ4n) is 5.21. The maximum atomic E-state index is 14.0. The predicted molar refractivity (Wildman–Crippen MR) is 136 cm³/mol. The highest BCUT2D eigenvalue weighted by atomic mass is 16.5. The first-order valence-corrected chi connectivity index (χ1v) is 12.8. The molecule has 0 bridgehead atoms. The van der Waals surface area contributed by atoms with Gasteiger partial charge in [-0.05, 0) is 50.4 Å². The van der Waals surface area contributed by atoms with E-state index in [4.69, 9.17) is 9.47 Å². The SMILES string of the molecule is CC1Cc2ccccc2C(NC(=O)COC2CCNCC2)(C(=O)OCc2ccccc2)N1CCC(=O)O. The third kappa shape index (κ3) is 6.36. The summed E-state index contributed by atoms with van der Waals surface area (Å²) < 4.78 is 11.7. The molecule has 198 valence electrons. The summed E-state index contributed by atoms with van der Waals surface area (Å²) in [6.07, 6.45) is 1.99. The van der Waals surface area contributed by atoms with Gasteiger partial charge in [-0.2, -0.15) is 0 Å². The Hall–Kier alpha value is -3.27. The topological polar surface area (TPSA) is 117 Å². The van der Waals surface area contributed by atoms with Gasteiger partial charge < -0.3 is 25.2 Å². The third-order valence-electron chi connectivity index (χ3n) is 7.02. The molecule has 0 saturated carbocycles. The largest absolute Gasteiger partial charge is 0.481 e.